The molecule has 1 aliphatic rings. The molecule has 1 atom stereocenters. The second-order valence-corrected chi connectivity index (χ2v) is 5.19. The summed E-state index contributed by atoms with van der Waals surface area (Å²) >= 11 is 0. The van der Waals surface area contributed by atoms with Crippen LogP contribution in [0.3, 0.4) is 0 Å². The van der Waals surface area contributed by atoms with E-state index in [2.05, 4.69) is 0 Å². The fraction of sp³-hybridized carbons (Fsp3) is 0.500. The Hall–Kier alpha value is -1.56. The van der Waals surface area contributed by atoms with Gasteiger partial charge in [0.2, 0.25) is 0 Å². The van der Waals surface area contributed by atoms with Crippen LogP contribution in [0.2, 0.25) is 0 Å². The summed E-state index contributed by atoms with van der Waals surface area (Å²) in [6.45, 7) is 1.79. The molecule has 0 radical (unpaired) electrons. The number of hydrogen-bond acceptors (Lipinski definition) is 2. The van der Waals surface area contributed by atoms with Crippen molar-refractivity contribution in [2.24, 2.45) is 5.92 Å². The van der Waals surface area contributed by atoms with Crippen LogP contribution < -0.4 is 0 Å². The van der Waals surface area contributed by atoms with Crippen molar-refractivity contribution in [2.45, 2.75) is 25.6 Å². The summed E-state index contributed by atoms with van der Waals surface area (Å²) in [5.74, 6) is -0.728. The van der Waals surface area contributed by atoms with E-state index in [-0.39, 0.29) is 12.3 Å². The van der Waals surface area contributed by atoms with Crippen molar-refractivity contribution in [3.05, 3.63) is 35.4 Å². The van der Waals surface area contributed by atoms with E-state index in [1.807, 2.05) is 4.90 Å². The maximum absolute atomic E-state index is 12.6. The number of carboxylic acids is 1. The molecule has 1 fully saturated rings. The lowest BCUT2D eigenvalue weighted by atomic mass is 10.1. The van der Waals surface area contributed by atoms with Gasteiger partial charge in [-0.3, -0.25) is 9.69 Å². The summed E-state index contributed by atoms with van der Waals surface area (Å²) in [6, 6.07) is 5.29. The number of halogens is 3. The molecule has 6 heteroatoms. The van der Waals surface area contributed by atoms with E-state index >= 15 is 0 Å². The van der Waals surface area contributed by atoms with Gasteiger partial charge in [-0.1, -0.05) is 18.2 Å². The van der Waals surface area contributed by atoms with E-state index in [0.717, 1.165) is 25.1 Å². The number of rotatable bonds is 4. The molecule has 1 aliphatic heterocycles. The Morgan fingerprint density at radius 2 is 2.15 bits per heavy atom. The van der Waals surface area contributed by atoms with Crippen LogP contribution in [0.4, 0.5) is 13.2 Å². The smallest absolute Gasteiger partial charge is 0.416 e. The zero-order valence-corrected chi connectivity index (χ0v) is 10.9. The molecule has 110 valence electrons. The van der Waals surface area contributed by atoms with Crippen molar-refractivity contribution in [3.63, 3.8) is 0 Å². The molecule has 1 aromatic carbocycles. The number of aliphatic carboxylic acids is 1. The van der Waals surface area contributed by atoms with Crippen LogP contribution in [0.5, 0.6) is 0 Å². The molecule has 1 heterocycles. The van der Waals surface area contributed by atoms with Crippen molar-refractivity contribution in [1.29, 1.82) is 0 Å². The molecule has 1 saturated heterocycles. The lowest BCUT2D eigenvalue weighted by molar-refractivity contribution is -0.138. The highest BCUT2D eigenvalue weighted by molar-refractivity contribution is 5.67. The lowest BCUT2D eigenvalue weighted by Crippen LogP contribution is -2.21. The van der Waals surface area contributed by atoms with E-state index in [4.69, 9.17) is 5.11 Å². The van der Waals surface area contributed by atoms with Crippen LogP contribution in [0.1, 0.15) is 24.0 Å². The zero-order valence-electron chi connectivity index (χ0n) is 10.9. The van der Waals surface area contributed by atoms with Crippen LogP contribution in [0, 0.1) is 5.92 Å². The van der Waals surface area contributed by atoms with E-state index in [1.54, 1.807) is 6.07 Å². The lowest BCUT2D eigenvalue weighted by Gasteiger charge is -2.16. The third kappa shape index (κ3) is 3.96. The summed E-state index contributed by atoms with van der Waals surface area (Å²) in [5, 5.41) is 8.73. The standard InChI is InChI=1S/C14H16F3NO2/c15-14(16,17)12-3-1-2-10(6-12)8-18-5-4-11(9-18)7-13(19)20/h1-3,6,11H,4-5,7-9H2,(H,19,20). The Morgan fingerprint density at radius 1 is 1.40 bits per heavy atom. The Bertz CT molecular complexity index is 488. The minimum atomic E-state index is -4.33. The van der Waals surface area contributed by atoms with Gasteiger partial charge in [0.05, 0.1) is 5.56 Å². The topological polar surface area (TPSA) is 40.5 Å². The molecule has 0 aliphatic carbocycles. The number of hydrogen-bond donors (Lipinski definition) is 1. The van der Waals surface area contributed by atoms with E-state index in [1.165, 1.54) is 6.07 Å². The van der Waals surface area contributed by atoms with Crippen molar-refractivity contribution in [2.75, 3.05) is 13.1 Å². The van der Waals surface area contributed by atoms with Gasteiger partial charge in [-0.25, -0.2) is 0 Å². The first-order valence-corrected chi connectivity index (χ1v) is 6.45. The van der Waals surface area contributed by atoms with Crippen LogP contribution in [-0.2, 0) is 17.5 Å². The second-order valence-electron chi connectivity index (χ2n) is 5.19. The molecule has 0 bridgehead atoms. The molecule has 20 heavy (non-hydrogen) atoms. The van der Waals surface area contributed by atoms with Crippen LogP contribution in [0.15, 0.2) is 24.3 Å². The van der Waals surface area contributed by atoms with Gasteiger partial charge in [0.15, 0.2) is 0 Å². The second kappa shape index (κ2) is 5.83. The van der Waals surface area contributed by atoms with Crippen LogP contribution in [0.25, 0.3) is 0 Å². The number of benzene rings is 1. The first-order valence-electron chi connectivity index (χ1n) is 6.45. The van der Waals surface area contributed by atoms with Gasteiger partial charge in [0, 0.05) is 19.5 Å². The molecule has 1 unspecified atom stereocenters. The minimum absolute atomic E-state index is 0.0956. The summed E-state index contributed by atoms with van der Waals surface area (Å²) in [6.07, 6.45) is -3.42. The molecular formula is C14H16F3NO2. The Balaban J connectivity index is 1.96. The molecule has 0 saturated carbocycles. The monoisotopic (exact) mass is 287 g/mol. The molecule has 1 aromatic rings. The number of likely N-dealkylation sites (tertiary alicyclic amines) is 1. The van der Waals surface area contributed by atoms with Crippen molar-refractivity contribution in [1.82, 2.24) is 4.90 Å². The summed E-state index contributed by atoms with van der Waals surface area (Å²) < 4.78 is 37.8. The molecule has 3 nitrogen and oxygen atoms in total. The maximum atomic E-state index is 12.6. The minimum Gasteiger partial charge on any atom is -0.481 e. The van der Waals surface area contributed by atoms with Gasteiger partial charge >= 0.3 is 12.1 Å². The SMILES string of the molecule is O=C(O)CC1CCN(Cc2cccc(C(F)(F)F)c2)C1. The average molecular weight is 287 g/mol. The highest BCUT2D eigenvalue weighted by atomic mass is 19.4. The normalized spacial score (nSPS) is 20.2. The van der Waals surface area contributed by atoms with Gasteiger partial charge in [-0.15, -0.1) is 0 Å². The largest absolute Gasteiger partial charge is 0.481 e. The van der Waals surface area contributed by atoms with E-state index in [0.29, 0.717) is 18.7 Å². The third-order valence-corrected chi connectivity index (χ3v) is 3.49. The van der Waals surface area contributed by atoms with E-state index < -0.39 is 17.7 Å². The third-order valence-electron chi connectivity index (χ3n) is 3.49. The highest BCUT2D eigenvalue weighted by Gasteiger charge is 2.31. The predicted octanol–water partition coefficient (Wildman–Crippen LogP) is 3.00. The molecule has 0 aromatic heterocycles. The fourth-order valence-corrected chi connectivity index (χ4v) is 2.57. The summed E-state index contributed by atoms with van der Waals surface area (Å²) in [4.78, 5) is 12.6. The van der Waals surface area contributed by atoms with E-state index in [9.17, 15) is 18.0 Å². The van der Waals surface area contributed by atoms with Crippen molar-refractivity contribution < 1.29 is 23.1 Å². The number of carbonyl (C=O) groups is 1. The molecule has 0 amide bonds. The van der Waals surface area contributed by atoms with Gasteiger partial charge in [-0.05, 0) is 30.5 Å². The number of nitrogens with zero attached hydrogens (tertiary/aromatic N) is 1. The van der Waals surface area contributed by atoms with Crippen LogP contribution >= 0.6 is 0 Å². The Morgan fingerprint density at radius 3 is 2.80 bits per heavy atom. The first kappa shape index (κ1) is 14.8. The summed E-state index contributed by atoms with van der Waals surface area (Å²) in [5.41, 5.74) is -0.0351. The molecular weight excluding hydrogens is 271 g/mol. The predicted molar refractivity (Wildman–Crippen MR) is 67.1 cm³/mol. The van der Waals surface area contributed by atoms with Gasteiger partial charge in [0.25, 0.3) is 0 Å². The van der Waals surface area contributed by atoms with Gasteiger partial charge in [-0.2, -0.15) is 13.2 Å². The first-order chi connectivity index (χ1) is 9.34. The van der Waals surface area contributed by atoms with Crippen LogP contribution in [-0.4, -0.2) is 29.1 Å². The molecule has 2 rings (SSSR count). The quantitative estimate of drug-likeness (QED) is 0.925. The fourth-order valence-electron chi connectivity index (χ4n) is 2.57. The van der Waals surface area contributed by atoms with Gasteiger partial charge < -0.3 is 5.11 Å². The molecule has 1 N–H and O–H groups in total. The highest BCUT2D eigenvalue weighted by Crippen LogP contribution is 2.30. The Labute approximate surface area is 115 Å². The molecule has 0 spiro atoms. The Kier molecular flexibility index (Phi) is 4.32. The maximum Gasteiger partial charge on any atom is 0.416 e. The van der Waals surface area contributed by atoms with Crippen molar-refractivity contribution in [3.8, 4) is 0 Å². The van der Waals surface area contributed by atoms with Gasteiger partial charge in [0.1, 0.15) is 0 Å². The van der Waals surface area contributed by atoms with Crippen molar-refractivity contribution >= 4 is 5.97 Å². The zero-order chi connectivity index (χ0) is 14.8. The number of carboxylic acid groups (broad SMARTS) is 1. The number of alkyl halides is 3. The average Bonchev–Trinajstić information content (AvgIpc) is 2.75. The summed E-state index contributed by atoms with van der Waals surface area (Å²) in [7, 11) is 0.